The molecule has 0 saturated heterocycles. The predicted octanol–water partition coefficient (Wildman–Crippen LogP) is 2.67. The van der Waals surface area contributed by atoms with Crippen LogP contribution in [0.5, 0.6) is 0 Å². The quantitative estimate of drug-likeness (QED) is 0.424. The number of nitrogens with two attached hydrogens (primary N) is 1. The summed E-state index contributed by atoms with van der Waals surface area (Å²) in [4.78, 5) is 0. The lowest BCUT2D eigenvalue weighted by Gasteiger charge is -1.97. The summed E-state index contributed by atoms with van der Waals surface area (Å²) in [5.41, 5.74) is 7.09. The maximum atomic E-state index is 5.76. The first kappa shape index (κ1) is 9.44. The molecule has 12 heavy (non-hydrogen) atoms. The van der Waals surface area contributed by atoms with Crippen LogP contribution < -0.4 is 5.73 Å². The third-order valence-electron chi connectivity index (χ3n) is 1.31. The zero-order chi connectivity index (χ0) is 8.97. The average Bonchev–Trinajstić information content (AvgIpc) is 2.07. The second-order valence-electron chi connectivity index (χ2n) is 2.17. The van der Waals surface area contributed by atoms with Crippen LogP contribution in [0.15, 0.2) is 18.2 Å². The number of alkyl halides is 1. The summed E-state index contributed by atoms with van der Waals surface area (Å²) in [6.45, 7) is 0. The first-order valence-electron chi connectivity index (χ1n) is 3.34. The number of nitrogen functional groups attached to an aromatic ring is 1. The van der Waals surface area contributed by atoms with Crippen LogP contribution >= 0.6 is 27.5 Å². The molecule has 1 rings (SSSR count). The largest absolute Gasteiger partial charge is 0.398 e. The monoisotopic (exact) mass is 243 g/mol. The van der Waals surface area contributed by atoms with Gasteiger partial charge >= 0.3 is 0 Å². The highest BCUT2D eigenvalue weighted by atomic mass is 79.9. The van der Waals surface area contributed by atoms with Crippen LogP contribution in [0.4, 0.5) is 5.69 Å². The Morgan fingerprint density at radius 3 is 2.92 bits per heavy atom. The van der Waals surface area contributed by atoms with Crippen molar-refractivity contribution in [2.24, 2.45) is 0 Å². The van der Waals surface area contributed by atoms with E-state index in [9.17, 15) is 0 Å². The van der Waals surface area contributed by atoms with Crippen LogP contribution in [0.25, 0.3) is 0 Å². The van der Waals surface area contributed by atoms with Crippen LogP contribution in [0.2, 0.25) is 5.02 Å². The maximum Gasteiger partial charge on any atom is 0.0649 e. The van der Waals surface area contributed by atoms with Gasteiger partial charge in [-0.05, 0) is 18.2 Å². The molecule has 0 aliphatic rings. The molecule has 62 valence electrons. The zero-order valence-corrected chi connectivity index (χ0v) is 8.61. The van der Waals surface area contributed by atoms with Crippen molar-refractivity contribution in [1.29, 1.82) is 0 Å². The Morgan fingerprint density at radius 1 is 1.50 bits per heavy atom. The van der Waals surface area contributed by atoms with Crippen molar-refractivity contribution in [3.05, 3.63) is 28.8 Å². The van der Waals surface area contributed by atoms with Gasteiger partial charge in [0.15, 0.2) is 0 Å². The Balaban J connectivity index is 3.05. The molecule has 0 spiro atoms. The molecular weight excluding hydrogens is 237 g/mol. The summed E-state index contributed by atoms with van der Waals surface area (Å²) in [6, 6.07) is 5.25. The molecule has 1 aromatic rings. The number of anilines is 1. The van der Waals surface area contributed by atoms with Crippen molar-refractivity contribution in [2.75, 3.05) is 11.1 Å². The van der Waals surface area contributed by atoms with Crippen LogP contribution in [0, 0.1) is 11.8 Å². The molecule has 3 heteroatoms. The number of hydrogen-bond donors (Lipinski definition) is 1. The Labute approximate surface area is 85.0 Å². The summed E-state index contributed by atoms with van der Waals surface area (Å²) in [6.07, 6.45) is 0. The van der Waals surface area contributed by atoms with Gasteiger partial charge in [-0.1, -0.05) is 39.4 Å². The van der Waals surface area contributed by atoms with E-state index in [-0.39, 0.29) is 0 Å². The molecule has 0 bridgehead atoms. The highest BCUT2D eigenvalue weighted by Crippen LogP contribution is 2.16. The molecule has 0 saturated carbocycles. The van der Waals surface area contributed by atoms with Crippen LogP contribution in [0.1, 0.15) is 5.56 Å². The van der Waals surface area contributed by atoms with E-state index in [0.717, 1.165) is 5.56 Å². The third kappa shape index (κ3) is 2.44. The summed E-state index contributed by atoms with van der Waals surface area (Å²) < 4.78 is 0. The topological polar surface area (TPSA) is 26.0 Å². The smallest absolute Gasteiger partial charge is 0.0649 e. The van der Waals surface area contributed by atoms with E-state index in [1.807, 2.05) is 0 Å². The zero-order valence-electron chi connectivity index (χ0n) is 6.27. The molecule has 2 N–H and O–H groups in total. The van der Waals surface area contributed by atoms with Crippen molar-refractivity contribution in [3.8, 4) is 11.8 Å². The third-order valence-corrected chi connectivity index (χ3v) is 1.82. The normalized spacial score (nSPS) is 8.83. The molecular formula is C9H7BrClN. The van der Waals surface area contributed by atoms with Gasteiger partial charge in [-0.3, -0.25) is 0 Å². The molecule has 0 unspecified atom stereocenters. The van der Waals surface area contributed by atoms with Gasteiger partial charge in [-0.2, -0.15) is 0 Å². The van der Waals surface area contributed by atoms with E-state index in [2.05, 4.69) is 27.8 Å². The van der Waals surface area contributed by atoms with E-state index < -0.39 is 0 Å². The first-order valence-corrected chi connectivity index (χ1v) is 4.84. The van der Waals surface area contributed by atoms with Gasteiger partial charge in [0.25, 0.3) is 0 Å². The Hall–Kier alpha value is -0.650. The van der Waals surface area contributed by atoms with Gasteiger partial charge in [0.1, 0.15) is 0 Å². The fourth-order valence-electron chi connectivity index (χ4n) is 0.765. The first-order chi connectivity index (χ1) is 5.74. The Morgan fingerprint density at radius 2 is 2.25 bits per heavy atom. The molecule has 0 amide bonds. The fraction of sp³-hybridized carbons (Fsp3) is 0.111. The van der Waals surface area contributed by atoms with Crippen molar-refractivity contribution >= 4 is 33.2 Å². The average molecular weight is 245 g/mol. The standard InChI is InChI=1S/C9H7BrClN/c10-5-1-2-7-6-8(11)3-4-9(7)12/h3-4,6H,5,12H2. The maximum absolute atomic E-state index is 5.76. The SMILES string of the molecule is Nc1ccc(Cl)cc1C#CCBr. The van der Waals surface area contributed by atoms with E-state index in [1.54, 1.807) is 18.2 Å². The molecule has 0 aliphatic heterocycles. The summed E-state index contributed by atoms with van der Waals surface area (Å²) in [5, 5.41) is 1.29. The second-order valence-corrected chi connectivity index (χ2v) is 3.16. The lowest BCUT2D eigenvalue weighted by molar-refractivity contribution is 1.62. The van der Waals surface area contributed by atoms with Crippen molar-refractivity contribution < 1.29 is 0 Å². The van der Waals surface area contributed by atoms with Gasteiger partial charge in [0, 0.05) is 16.3 Å². The molecule has 0 radical (unpaired) electrons. The lowest BCUT2D eigenvalue weighted by Crippen LogP contribution is -1.89. The van der Waals surface area contributed by atoms with Crippen molar-refractivity contribution in [1.82, 2.24) is 0 Å². The molecule has 0 atom stereocenters. The Kier molecular flexibility index (Phi) is 3.46. The lowest BCUT2D eigenvalue weighted by atomic mass is 10.2. The van der Waals surface area contributed by atoms with Gasteiger partial charge in [0.2, 0.25) is 0 Å². The van der Waals surface area contributed by atoms with E-state index in [1.165, 1.54) is 0 Å². The molecule has 0 aromatic heterocycles. The number of benzene rings is 1. The minimum atomic E-state index is 0.638. The van der Waals surface area contributed by atoms with E-state index in [4.69, 9.17) is 17.3 Å². The summed E-state index contributed by atoms with van der Waals surface area (Å²) in [5.74, 6) is 5.76. The highest BCUT2D eigenvalue weighted by Gasteiger charge is 1.95. The van der Waals surface area contributed by atoms with Crippen LogP contribution in [-0.2, 0) is 0 Å². The second kappa shape index (κ2) is 4.39. The van der Waals surface area contributed by atoms with Gasteiger partial charge in [-0.15, -0.1) is 0 Å². The number of halogens is 2. The van der Waals surface area contributed by atoms with Crippen molar-refractivity contribution in [2.45, 2.75) is 0 Å². The Bertz CT molecular complexity index is 338. The minimum absolute atomic E-state index is 0.638. The number of rotatable bonds is 0. The van der Waals surface area contributed by atoms with Gasteiger partial charge in [-0.25, -0.2) is 0 Å². The highest BCUT2D eigenvalue weighted by molar-refractivity contribution is 9.09. The van der Waals surface area contributed by atoms with E-state index >= 15 is 0 Å². The summed E-state index contributed by atoms with van der Waals surface area (Å²) in [7, 11) is 0. The van der Waals surface area contributed by atoms with Crippen molar-refractivity contribution in [3.63, 3.8) is 0 Å². The minimum Gasteiger partial charge on any atom is -0.398 e. The predicted molar refractivity (Wildman–Crippen MR) is 56.5 cm³/mol. The van der Waals surface area contributed by atoms with Gasteiger partial charge in [0.05, 0.1) is 5.33 Å². The molecule has 1 nitrogen and oxygen atoms in total. The summed E-state index contributed by atoms with van der Waals surface area (Å²) >= 11 is 8.96. The molecule has 0 aliphatic carbocycles. The molecule has 0 fully saturated rings. The molecule has 1 aromatic carbocycles. The number of hydrogen-bond acceptors (Lipinski definition) is 1. The van der Waals surface area contributed by atoms with Crippen LogP contribution in [0.3, 0.4) is 0 Å². The van der Waals surface area contributed by atoms with Crippen LogP contribution in [-0.4, -0.2) is 5.33 Å². The van der Waals surface area contributed by atoms with Gasteiger partial charge < -0.3 is 5.73 Å². The van der Waals surface area contributed by atoms with E-state index in [0.29, 0.717) is 16.0 Å². The fourth-order valence-corrected chi connectivity index (χ4v) is 1.08. The molecule has 0 heterocycles.